The summed E-state index contributed by atoms with van der Waals surface area (Å²) in [5, 5.41) is 21.5. The monoisotopic (exact) mass is 410 g/mol. The summed E-state index contributed by atoms with van der Waals surface area (Å²) in [5.41, 5.74) is -0.938. The van der Waals surface area contributed by atoms with Crippen LogP contribution in [0.15, 0.2) is 18.2 Å². The fourth-order valence-electron chi connectivity index (χ4n) is 4.09. The summed E-state index contributed by atoms with van der Waals surface area (Å²) in [7, 11) is 0. The molecule has 2 aliphatic heterocycles. The van der Waals surface area contributed by atoms with Gasteiger partial charge in [-0.25, -0.2) is 9.18 Å². The molecule has 2 aliphatic rings. The van der Waals surface area contributed by atoms with Gasteiger partial charge in [0, 0.05) is 32.2 Å². The minimum atomic E-state index is -1.40. The molecule has 0 radical (unpaired) electrons. The van der Waals surface area contributed by atoms with Gasteiger partial charge in [-0.3, -0.25) is 4.90 Å². The first-order valence-corrected chi connectivity index (χ1v) is 10.3. The van der Waals surface area contributed by atoms with Gasteiger partial charge in [0.15, 0.2) is 0 Å². The van der Waals surface area contributed by atoms with Gasteiger partial charge in [-0.05, 0) is 56.9 Å². The van der Waals surface area contributed by atoms with Crippen LogP contribution in [0.25, 0.3) is 0 Å². The van der Waals surface area contributed by atoms with Crippen LogP contribution in [0.4, 0.5) is 9.18 Å². The number of hydrogen-bond acceptors (Lipinski definition) is 6. The molecule has 1 aromatic carbocycles. The van der Waals surface area contributed by atoms with Crippen LogP contribution in [0.3, 0.4) is 0 Å². The van der Waals surface area contributed by atoms with E-state index in [4.69, 9.17) is 9.47 Å². The second-order valence-electron chi connectivity index (χ2n) is 8.00. The van der Waals surface area contributed by atoms with E-state index < -0.39 is 11.7 Å². The Labute approximate surface area is 171 Å². The van der Waals surface area contributed by atoms with Crippen molar-refractivity contribution in [1.29, 1.82) is 0 Å². The number of carbonyl (C=O) groups is 1. The van der Waals surface area contributed by atoms with Crippen LogP contribution in [0.5, 0.6) is 5.75 Å². The maximum Gasteiger partial charge on any atom is 0.409 e. The van der Waals surface area contributed by atoms with Crippen molar-refractivity contribution in [3.63, 3.8) is 0 Å². The second kappa shape index (κ2) is 9.28. The van der Waals surface area contributed by atoms with E-state index in [1.807, 2.05) is 0 Å². The molecule has 8 heteroatoms. The predicted octanol–water partition coefficient (Wildman–Crippen LogP) is 1.93. The Bertz CT molecular complexity index is 710. The Kier molecular flexibility index (Phi) is 6.97. The highest BCUT2D eigenvalue weighted by Gasteiger charge is 2.44. The number of rotatable bonds is 5. The number of aliphatic hydroxyl groups is 2. The average Bonchev–Trinajstić information content (AvgIpc) is 2.71. The van der Waals surface area contributed by atoms with Gasteiger partial charge >= 0.3 is 6.09 Å². The van der Waals surface area contributed by atoms with Crippen molar-refractivity contribution in [1.82, 2.24) is 9.80 Å². The lowest BCUT2D eigenvalue weighted by Crippen LogP contribution is -2.62. The lowest BCUT2D eigenvalue weighted by Gasteiger charge is -2.47. The number of nitrogens with zero attached hydrogens (tertiary/aromatic N) is 2. The van der Waals surface area contributed by atoms with Crippen LogP contribution in [-0.4, -0.2) is 83.2 Å². The molecule has 0 aromatic heterocycles. The number of hydrogen-bond donors (Lipinski definition) is 2. The van der Waals surface area contributed by atoms with Gasteiger partial charge in [0.25, 0.3) is 0 Å². The Balaban J connectivity index is 1.56. The summed E-state index contributed by atoms with van der Waals surface area (Å²) in [6.45, 7) is 5.94. The zero-order valence-corrected chi connectivity index (χ0v) is 17.1. The molecular weight excluding hydrogens is 379 g/mol. The molecule has 0 spiro atoms. The van der Waals surface area contributed by atoms with Gasteiger partial charge in [-0.15, -0.1) is 0 Å². The fraction of sp³-hybridized carbons (Fsp3) is 0.667. The molecule has 3 rings (SSSR count). The Hall–Kier alpha value is -1.90. The Morgan fingerprint density at radius 1 is 1.28 bits per heavy atom. The highest BCUT2D eigenvalue weighted by molar-refractivity contribution is 5.67. The van der Waals surface area contributed by atoms with Crippen molar-refractivity contribution in [2.75, 3.05) is 39.4 Å². The summed E-state index contributed by atoms with van der Waals surface area (Å²) in [6.07, 6.45) is 0.867. The van der Waals surface area contributed by atoms with E-state index in [1.54, 1.807) is 24.8 Å². The van der Waals surface area contributed by atoms with E-state index in [1.165, 1.54) is 12.1 Å². The molecule has 2 N–H and O–H groups in total. The van der Waals surface area contributed by atoms with Crippen LogP contribution < -0.4 is 4.74 Å². The van der Waals surface area contributed by atoms with Crippen molar-refractivity contribution >= 4 is 6.09 Å². The number of β-amino-alcohol motifs (C(OH)–C–C–N with tert-alkyl or cyclic N) is 1. The van der Waals surface area contributed by atoms with Crippen molar-refractivity contribution < 1.29 is 28.9 Å². The largest absolute Gasteiger partial charge is 0.490 e. The Morgan fingerprint density at radius 2 is 2.00 bits per heavy atom. The van der Waals surface area contributed by atoms with Gasteiger partial charge < -0.3 is 24.6 Å². The third kappa shape index (κ3) is 5.18. The van der Waals surface area contributed by atoms with Gasteiger partial charge in [0.05, 0.1) is 12.7 Å². The normalized spacial score (nSPS) is 26.4. The quantitative estimate of drug-likeness (QED) is 0.772. The fourth-order valence-corrected chi connectivity index (χ4v) is 4.09. The SMILES string of the molecule is CCOC(=O)N1CCC(N2CC[C@H](O)[C@@](O)(COc3ccc(F)c(C)c3)C2)CC1. The summed E-state index contributed by atoms with van der Waals surface area (Å²) in [6, 6.07) is 4.66. The first kappa shape index (κ1) is 21.8. The van der Waals surface area contributed by atoms with Crippen LogP contribution >= 0.6 is 0 Å². The van der Waals surface area contributed by atoms with Crippen LogP contribution in [-0.2, 0) is 4.74 Å². The molecule has 2 fully saturated rings. The molecule has 1 amide bonds. The molecule has 0 unspecified atom stereocenters. The number of likely N-dealkylation sites (tertiary alicyclic amines) is 2. The number of ether oxygens (including phenoxy) is 2. The summed E-state index contributed by atoms with van der Waals surface area (Å²) in [4.78, 5) is 15.8. The molecule has 0 aliphatic carbocycles. The zero-order chi connectivity index (χ0) is 21.0. The molecular formula is C21H31FN2O5. The number of aliphatic hydroxyl groups excluding tert-OH is 1. The lowest BCUT2D eigenvalue weighted by atomic mass is 9.88. The highest BCUT2D eigenvalue weighted by Crippen LogP contribution is 2.28. The molecule has 2 atom stereocenters. The van der Waals surface area contributed by atoms with Gasteiger partial charge in [-0.2, -0.15) is 0 Å². The molecule has 162 valence electrons. The minimum Gasteiger partial charge on any atom is -0.490 e. The summed E-state index contributed by atoms with van der Waals surface area (Å²) in [5.74, 6) is 0.151. The molecule has 2 saturated heterocycles. The third-order valence-electron chi connectivity index (χ3n) is 5.91. The van der Waals surface area contributed by atoms with Crippen molar-refractivity contribution in [3.8, 4) is 5.75 Å². The molecule has 2 heterocycles. The maximum absolute atomic E-state index is 13.4. The second-order valence-corrected chi connectivity index (χ2v) is 8.00. The first-order valence-electron chi connectivity index (χ1n) is 10.3. The standard InChI is InChI=1S/C21H31FN2O5/c1-3-28-20(26)23-9-6-16(7-10-23)24-11-8-19(25)21(27,13-24)14-29-17-4-5-18(22)15(2)12-17/h4-5,12,16,19,25,27H,3,6-11,13-14H2,1-2H3/t19-,21-/m0/s1. The molecule has 0 bridgehead atoms. The van der Waals surface area contributed by atoms with E-state index in [2.05, 4.69) is 4.90 Å². The zero-order valence-electron chi connectivity index (χ0n) is 17.1. The number of benzene rings is 1. The highest BCUT2D eigenvalue weighted by atomic mass is 19.1. The van der Waals surface area contributed by atoms with Crippen molar-refractivity contribution in [3.05, 3.63) is 29.6 Å². The third-order valence-corrected chi connectivity index (χ3v) is 5.91. The number of aryl methyl sites for hydroxylation is 1. The maximum atomic E-state index is 13.4. The number of carbonyl (C=O) groups excluding carboxylic acids is 1. The van der Waals surface area contributed by atoms with Crippen LogP contribution in [0.1, 0.15) is 31.7 Å². The van der Waals surface area contributed by atoms with E-state index in [9.17, 15) is 19.4 Å². The first-order chi connectivity index (χ1) is 13.8. The summed E-state index contributed by atoms with van der Waals surface area (Å²) < 4.78 is 24.2. The van der Waals surface area contributed by atoms with Crippen LogP contribution in [0.2, 0.25) is 0 Å². The van der Waals surface area contributed by atoms with Crippen molar-refractivity contribution in [2.45, 2.75) is 50.9 Å². The molecule has 0 saturated carbocycles. The van der Waals surface area contributed by atoms with Gasteiger partial charge in [0.1, 0.15) is 23.8 Å². The van der Waals surface area contributed by atoms with Gasteiger partial charge in [0.2, 0.25) is 0 Å². The minimum absolute atomic E-state index is 0.0720. The number of halogens is 1. The van der Waals surface area contributed by atoms with E-state index in [-0.39, 0.29) is 24.6 Å². The van der Waals surface area contributed by atoms with Crippen molar-refractivity contribution in [2.24, 2.45) is 0 Å². The number of amides is 1. The average molecular weight is 410 g/mol. The topological polar surface area (TPSA) is 82.5 Å². The number of piperidine rings is 2. The molecule has 1 aromatic rings. The van der Waals surface area contributed by atoms with E-state index >= 15 is 0 Å². The molecule has 7 nitrogen and oxygen atoms in total. The smallest absolute Gasteiger partial charge is 0.409 e. The Morgan fingerprint density at radius 3 is 2.66 bits per heavy atom. The van der Waals surface area contributed by atoms with Gasteiger partial charge in [-0.1, -0.05) is 0 Å². The summed E-state index contributed by atoms with van der Waals surface area (Å²) >= 11 is 0. The van der Waals surface area contributed by atoms with Crippen LogP contribution in [0, 0.1) is 12.7 Å². The molecule has 29 heavy (non-hydrogen) atoms. The van der Waals surface area contributed by atoms with E-state index in [0.717, 1.165) is 12.8 Å². The van der Waals surface area contributed by atoms with E-state index in [0.29, 0.717) is 50.5 Å². The predicted molar refractivity (Wildman–Crippen MR) is 105 cm³/mol. The lowest BCUT2D eigenvalue weighted by molar-refractivity contribution is -0.147.